The smallest absolute Gasteiger partial charge is 0.346 e. The molecule has 2 aromatic rings. The number of nitrogens with zero attached hydrogens (tertiary/aromatic N) is 3. The van der Waals surface area contributed by atoms with Crippen molar-refractivity contribution in [2.75, 3.05) is 7.11 Å². The molecule has 0 aliphatic heterocycles. The Hall–Kier alpha value is -2.81. The molecule has 0 atom stereocenters. The Morgan fingerprint density at radius 1 is 1.58 bits per heavy atom. The summed E-state index contributed by atoms with van der Waals surface area (Å²) in [7, 11) is 1.44. The number of carboxylic acids is 1. The zero-order valence-electron chi connectivity index (χ0n) is 10.4. The van der Waals surface area contributed by atoms with Gasteiger partial charge in [-0.1, -0.05) is 6.07 Å². The van der Waals surface area contributed by atoms with Gasteiger partial charge in [0, 0.05) is 6.20 Å². The topological polar surface area (TPSA) is 87.6 Å². The summed E-state index contributed by atoms with van der Waals surface area (Å²) in [5.41, 5.74) is 1.66. The van der Waals surface area contributed by atoms with Crippen molar-refractivity contribution >= 4 is 17.7 Å². The van der Waals surface area contributed by atoms with Gasteiger partial charge in [0.2, 0.25) is 5.88 Å². The van der Waals surface area contributed by atoms with Crippen LogP contribution in [0.1, 0.15) is 11.3 Å². The standard InChI is InChI=1S/C13H11N3O3/c1-8-3-4-11-15-12(19-2)10(16(11)7-8)5-9(6-14)13(17)18/h3-5,7H,1-2H3,(H,17,18)/b9-5+. The number of rotatable bonds is 3. The minimum atomic E-state index is -1.29. The summed E-state index contributed by atoms with van der Waals surface area (Å²) in [5, 5.41) is 17.7. The number of hydrogen-bond donors (Lipinski definition) is 1. The third-order valence-electron chi connectivity index (χ3n) is 2.59. The van der Waals surface area contributed by atoms with Crippen molar-refractivity contribution in [1.29, 1.82) is 5.26 Å². The Balaban J connectivity index is 2.74. The zero-order valence-corrected chi connectivity index (χ0v) is 10.4. The molecule has 0 saturated heterocycles. The summed E-state index contributed by atoms with van der Waals surface area (Å²) >= 11 is 0. The number of ether oxygens (including phenoxy) is 1. The maximum absolute atomic E-state index is 10.9. The van der Waals surface area contributed by atoms with Gasteiger partial charge in [0.1, 0.15) is 23.0 Å². The highest BCUT2D eigenvalue weighted by molar-refractivity contribution is 5.96. The highest BCUT2D eigenvalue weighted by atomic mass is 16.5. The molecule has 1 N–H and O–H groups in total. The van der Waals surface area contributed by atoms with Crippen molar-refractivity contribution in [2.45, 2.75) is 6.92 Å². The van der Waals surface area contributed by atoms with Crippen LogP contribution in [0.25, 0.3) is 11.7 Å². The van der Waals surface area contributed by atoms with E-state index < -0.39 is 5.97 Å². The van der Waals surface area contributed by atoms with E-state index in [1.165, 1.54) is 13.2 Å². The van der Waals surface area contributed by atoms with Gasteiger partial charge >= 0.3 is 5.97 Å². The van der Waals surface area contributed by atoms with E-state index in [2.05, 4.69) is 4.98 Å². The van der Waals surface area contributed by atoms with E-state index in [0.29, 0.717) is 11.3 Å². The number of pyridine rings is 1. The molecule has 0 aliphatic carbocycles. The Bertz CT molecular complexity index is 723. The highest BCUT2D eigenvalue weighted by Gasteiger charge is 2.14. The molecule has 6 heteroatoms. The van der Waals surface area contributed by atoms with E-state index in [-0.39, 0.29) is 11.5 Å². The Morgan fingerprint density at radius 2 is 2.32 bits per heavy atom. The molecule has 96 valence electrons. The number of fused-ring (bicyclic) bond motifs is 1. The Morgan fingerprint density at radius 3 is 2.89 bits per heavy atom. The summed E-state index contributed by atoms with van der Waals surface area (Å²) in [6.45, 7) is 1.90. The highest BCUT2D eigenvalue weighted by Crippen LogP contribution is 2.23. The van der Waals surface area contributed by atoms with Gasteiger partial charge in [-0.3, -0.25) is 4.40 Å². The lowest BCUT2D eigenvalue weighted by Gasteiger charge is -2.00. The SMILES string of the molecule is COc1nc2ccc(C)cn2c1/C=C(\C#N)C(=O)O. The van der Waals surface area contributed by atoms with Crippen molar-refractivity contribution in [3.05, 3.63) is 35.2 Å². The van der Waals surface area contributed by atoms with Crippen LogP contribution >= 0.6 is 0 Å². The second kappa shape index (κ2) is 4.82. The largest absolute Gasteiger partial charge is 0.479 e. The van der Waals surface area contributed by atoms with Gasteiger partial charge in [-0.2, -0.15) is 10.2 Å². The first-order valence-corrected chi connectivity index (χ1v) is 5.44. The van der Waals surface area contributed by atoms with Crippen LogP contribution < -0.4 is 4.74 Å². The lowest BCUT2D eigenvalue weighted by atomic mass is 10.2. The van der Waals surface area contributed by atoms with Crippen molar-refractivity contribution in [3.63, 3.8) is 0 Å². The molecular formula is C13H11N3O3. The number of carboxylic acid groups (broad SMARTS) is 1. The van der Waals surface area contributed by atoms with Crippen LogP contribution in [-0.2, 0) is 4.79 Å². The molecule has 2 heterocycles. The molecule has 0 radical (unpaired) electrons. The van der Waals surface area contributed by atoms with Gasteiger partial charge in [-0.25, -0.2) is 4.79 Å². The molecule has 6 nitrogen and oxygen atoms in total. The molecule has 0 amide bonds. The van der Waals surface area contributed by atoms with E-state index in [0.717, 1.165) is 5.56 Å². The minimum absolute atomic E-state index is 0.277. The molecule has 0 spiro atoms. The first-order chi connectivity index (χ1) is 9.06. The van der Waals surface area contributed by atoms with Crippen molar-refractivity contribution in [2.24, 2.45) is 0 Å². The minimum Gasteiger partial charge on any atom is -0.479 e. The molecule has 0 fully saturated rings. The van der Waals surface area contributed by atoms with Crippen LogP contribution in [0.3, 0.4) is 0 Å². The molecule has 0 saturated carbocycles. The van der Waals surface area contributed by atoms with Gasteiger partial charge in [0.15, 0.2) is 0 Å². The fraction of sp³-hybridized carbons (Fsp3) is 0.154. The lowest BCUT2D eigenvalue weighted by Crippen LogP contribution is -1.99. The first-order valence-electron chi connectivity index (χ1n) is 5.44. The maximum Gasteiger partial charge on any atom is 0.346 e. The molecule has 0 bridgehead atoms. The van der Waals surface area contributed by atoms with E-state index in [4.69, 9.17) is 15.1 Å². The monoisotopic (exact) mass is 257 g/mol. The third-order valence-corrected chi connectivity index (χ3v) is 2.59. The molecule has 0 unspecified atom stereocenters. The Kier molecular flexibility index (Phi) is 3.21. The van der Waals surface area contributed by atoms with E-state index in [9.17, 15) is 4.79 Å². The Labute approximate surface area is 109 Å². The van der Waals surface area contributed by atoms with Crippen LogP contribution in [0.4, 0.5) is 0 Å². The summed E-state index contributed by atoms with van der Waals surface area (Å²) in [6, 6.07) is 5.32. The molecule has 0 aliphatic rings. The average Bonchev–Trinajstić information content (AvgIpc) is 2.72. The lowest BCUT2D eigenvalue weighted by molar-refractivity contribution is -0.132. The summed E-state index contributed by atoms with van der Waals surface area (Å²) in [5.74, 6) is -1.01. The number of aromatic nitrogens is 2. The number of imidazole rings is 1. The van der Waals surface area contributed by atoms with Gasteiger partial charge in [-0.05, 0) is 24.6 Å². The fourth-order valence-corrected chi connectivity index (χ4v) is 1.71. The first kappa shape index (κ1) is 12.6. The van der Waals surface area contributed by atoms with Gasteiger partial charge in [0.25, 0.3) is 0 Å². The number of carbonyl (C=O) groups is 1. The third kappa shape index (κ3) is 2.26. The fourth-order valence-electron chi connectivity index (χ4n) is 1.71. The van der Waals surface area contributed by atoms with E-state index in [1.807, 2.05) is 13.0 Å². The average molecular weight is 257 g/mol. The number of aliphatic carboxylic acids is 1. The van der Waals surface area contributed by atoms with Crippen molar-refractivity contribution in [3.8, 4) is 11.9 Å². The van der Waals surface area contributed by atoms with E-state index in [1.54, 1.807) is 22.7 Å². The summed E-state index contributed by atoms with van der Waals surface area (Å²) in [4.78, 5) is 15.1. The van der Waals surface area contributed by atoms with Crippen LogP contribution in [0.5, 0.6) is 5.88 Å². The number of hydrogen-bond acceptors (Lipinski definition) is 4. The molecule has 2 rings (SSSR count). The second-order valence-corrected chi connectivity index (χ2v) is 3.92. The van der Waals surface area contributed by atoms with Gasteiger partial charge in [0.05, 0.1) is 7.11 Å². The summed E-state index contributed by atoms with van der Waals surface area (Å²) in [6.07, 6.45) is 3.05. The number of aryl methyl sites for hydroxylation is 1. The normalized spacial score (nSPS) is 11.3. The van der Waals surface area contributed by atoms with Crippen LogP contribution in [0, 0.1) is 18.3 Å². The molecular weight excluding hydrogens is 246 g/mol. The van der Waals surface area contributed by atoms with E-state index >= 15 is 0 Å². The van der Waals surface area contributed by atoms with Crippen LogP contribution in [0.15, 0.2) is 23.9 Å². The van der Waals surface area contributed by atoms with Crippen LogP contribution in [-0.4, -0.2) is 27.6 Å². The van der Waals surface area contributed by atoms with Crippen molar-refractivity contribution < 1.29 is 14.6 Å². The number of nitriles is 1. The molecule has 19 heavy (non-hydrogen) atoms. The number of methoxy groups -OCH3 is 1. The van der Waals surface area contributed by atoms with Gasteiger partial charge < -0.3 is 9.84 Å². The second-order valence-electron chi connectivity index (χ2n) is 3.92. The quantitative estimate of drug-likeness (QED) is 0.667. The molecule has 2 aromatic heterocycles. The predicted molar refractivity (Wildman–Crippen MR) is 67.7 cm³/mol. The van der Waals surface area contributed by atoms with Crippen LogP contribution in [0.2, 0.25) is 0 Å². The molecule has 0 aromatic carbocycles. The zero-order chi connectivity index (χ0) is 14.0. The maximum atomic E-state index is 10.9. The predicted octanol–water partition coefficient (Wildman–Crippen LogP) is 1.64. The summed E-state index contributed by atoms with van der Waals surface area (Å²) < 4.78 is 6.81. The van der Waals surface area contributed by atoms with Gasteiger partial charge in [-0.15, -0.1) is 0 Å². The van der Waals surface area contributed by atoms with Crippen molar-refractivity contribution in [1.82, 2.24) is 9.38 Å².